The third-order valence-electron chi connectivity index (χ3n) is 3.74. The van der Waals surface area contributed by atoms with Crippen LogP contribution in [-0.2, 0) is 6.18 Å². The van der Waals surface area contributed by atoms with Crippen LogP contribution in [-0.4, -0.2) is 4.98 Å². The molecule has 0 bridgehead atoms. The van der Waals surface area contributed by atoms with Gasteiger partial charge in [0.2, 0.25) is 5.89 Å². The van der Waals surface area contributed by atoms with E-state index in [1.165, 1.54) is 12.1 Å². The van der Waals surface area contributed by atoms with Crippen molar-refractivity contribution in [3.63, 3.8) is 0 Å². The average molecular weight is 335 g/mol. The molecular formula is C17H16F3N3O. The van der Waals surface area contributed by atoms with Crippen molar-refractivity contribution < 1.29 is 17.6 Å². The van der Waals surface area contributed by atoms with Gasteiger partial charge in [-0.1, -0.05) is 13.8 Å². The molecule has 24 heavy (non-hydrogen) atoms. The second-order valence-electron chi connectivity index (χ2n) is 5.93. The molecule has 0 amide bonds. The Morgan fingerprint density at radius 1 is 1.04 bits per heavy atom. The molecule has 1 aromatic heterocycles. The van der Waals surface area contributed by atoms with Crippen molar-refractivity contribution in [1.29, 1.82) is 0 Å². The molecule has 0 unspecified atom stereocenters. The normalized spacial score (nSPS) is 12.2. The third-order valence-corrected chi connectivity index (χ3v) is 3.74. The van der Waals surface area contributed by atoms with Crippen LogP contribution in [0.25, 0.3) is 22.6 Å². The van der Waals surface area contributed by atoms with E-state index in [4.69, 9.17) is 15.9 Å². The second-order valence-corrected chi connectivity index (χ2v) is 5.93. The van der Waals surface area contributed by atoms with Gasteiger partial charge in [-0.25, -0.2) is 4.98 Å². The maximum absolute atomic E-state index is 13.3. The first kappa shape index (κ1) is 16.2. The van der Waals surface area contributed by atoms with Gasteiger partial charge in [-0.15, -0.1) is 0 Å². The number of rotatable bonds is 2. The lowest BCUT2D eigenvalue weighted by atomic mass is 10.0. The third kappa shape index (κ3) is 2.77. The zero-order chi connectivity index (χ0) is 17.6. The Kier molecular flexibility index (Phi) is 3.66. The minimum absolute atomic E-state index is 0.0225. The standard InChI is InChI=1S/C17H16F3N3O/c1-8(2)12-5-10(22)7-14-15(12)24-16(23-14)11-4-3-9(21)6-13(11)17(18,19)20/h3-8H,21-22H2,1-2H3. The summed E-state index contributed by atoms with van der Waals surface area (Å²) in [6, 6.07) is 6.86. The molecule has 0 saturated heterocycles. The summed E-state index contributed by atoms with van der Waals surface area (Å²) in [6.45, 7) is 3.89. The summed E-state index contributed by atoms with van der Waals surface area (Å²) in [5.41, 5.74) is 12.5. The predicted molar refractivity (Wildman–Crippen MR) is 87.4 cm³/mol. The SMILES string of the molecule is CC(C)c1cc(N)cc2nc(-c3ccc(N)cc3C(F)(F)F)oc12. The minimum Gasteiger partial charge on any atom is -0.436 e. The van der Waals surface area contributed by atoms with Gasteiger partial charge >= 0.3 is 6.18 Å². The smallest absolute Gasteiger partial charge is 0.417 e. The van der Waals surface area contributed by atoms with Gasteiger partial charge in [0, 0.05) is 22.5 Å². The molecule has 3 rings (SSSR count). The van der Waals surface area contributed by atoms with Crippen LogP contribution in [0.15, 0.2) is 34.7 Å². The van der Waals surface area contributed by atoms with E-state index in [-0.39, 0.29) is 23.1 Å². The van der Waals surface area contributed by atoms with Crippen molar-refractivity contribution in [2.75, 3.05) is 11.5 Å². The maximum atomic E-state index is 13.3. The Bertz CT molecular complexity index is 913. The molecule has 0 atom stereocenters. The molecule has 0 saturated carbocycles. The van der Waals surface area contributed by atoms with E-state index < -0.39 is 11.7 Å². The van der Waals surface area contributed by atoms with E-state index in [1.54, 1.807) is 12.1 Å². The molecule has 3 aromatic rings. The lowest BCUT2D eigenvalue weighted by molar-refractivity contribution is -0.137. The van der Waals surface area contributed by atoms with Crippen molar-refractivity contribution in [3.8, 4) is 11.5 Å². The number of anilines is 2. The van der Waals surface area contributed by atoms with Crippen LogP contribution in [0, 0.1) is 0 Å². The number of hydrogen-bond donors (Lipinski definition) is 2. The van der Waals surface area contributed by atoms with E-state index in [0.29, 0.717) is 16.8 Å². The summed E-state index contributed by atoms with van der Waals surface area (Å²) in [5.74, 6) is -0.0184. The van der Waals surface area contributed by atoms with E-state index >= 15 is 0 Å². The van der Waals surface area contributed by atoms with E-state index in [9.17, 15) is 13.2 Å². The Hall–Kier alpha value is -2.70. The van der Waals surface area contributed by atoms with Gasteiger partial charge in [-0.2, -0.15) is 13.2 Å². The summed E-state index contributed by atoms with van der Waals surface area (Å²) in [6.07, 6.45) is -4.56. The minimum atomic E-state index is -4.56. The molecule has 126 valence electrons. The van der Waals surface area contributed by atoms with E-state index in [0.717, 1.165) is 11.6 Å². The first-order chi connectivity index (χ1) is 11.2. The van der Waals surface area contributed by atoms with Crippen LogP contribution in [0.4, 0.5) is 24.5 Å². The molecule has 4 N–H and O–H groups in total. The topological polar surface area (TPSA) is 78.1 Å². The molecule has 0 aliphatic rings. The van der Waals surface area contributed by atoms with Crippen molar-refractivity contribution in [3.05, 3.63) is 41.5 Å². The summed E-state index contributed by atoms with van der Waals surface area (Å²) in [5, 5.41) is 0. The van der Waals surface area contributed by atoms with E-state index in [2.05, 4.69) is 4.98 Å². The number of oxazole rings is 1. The van der Waals surface area contributed by atoms with Gasteiger partial charge in [-0.3, -0.25) is 0 Å². The number of nitrogens with zero attached hydrogens (tertiary/aromatic N) is 1. The molecule has 0 aliphatic heterocycles. The highest BCUT2D eigenvalue weighted by molar-refractivity contribution is 5.84. The number of hydrogen-bond acceptors (Lipinski definition) is 4. The van der Waals surface area contributed by atoms with Crippen LogP contribution in [0.2, 0.25) is 0 Å². The molecule has 0 radical (unpaired) electrons. The van der Waals surface area contributed by atoms with Gasteiger partial charge in [0.1, 0.15) is 5.52 Å². The van der Waals surface area contributed by atoms with Crippen LogP contribution in [0.3, 0.4) is 0 Å². The quantitative estimate of drug-likeness (QED) is 0.659. The Morgan fingerprint density at radius 3 is 2.38 bits per heavy atom. The number of nitrogen functional groups attached to an aromatic ring is 2. The Labute approximate surface area is 136 Å². The first-order valence-corrected chi connectivity index (χ1v) is 7.34. The zero-order valence-corrected chi connectivity index (χ0v) is 13.1. The second kappa shape index (κ2) is 5.43. The maximum Gasteiger partial charge on any atom is 0.417 e. The molecule has 0 aliphatic carbocycles. The highest BCUT2D eigenvalue weighted by Gasteiger charge is 2.35. The number of fused-ring (bicyclic) bond motifs is 1. The lowest BCUT2D eigenvalue weighted by Crippen LogP contribution is -2.08. The van der Waals surface area contributed by atoms with Crippen LogP contribution in [0.5, 0.6) is 0 Å². The Morgan fingerprint density at radius 2 is 1.75 bits per heavy atom. The monoisotopic (exact) mass is 335 g/mol. The van der Waals surface area contributed by atoms with Crippen molar-refractivity contribution in [2.24, 2.45) is 0 Å². The van der Waals surface area contributed by atoms with Gasteiger partial charge in [0.25, 0.3) is 0 Å². The van der Waals surface area contributed by atoms with Crippen molar-refractivity contribution in [1.82, 2.24) is 4.98 Å². The summed E-state index contributed by atoms with van der Waals surface area (Å²) >= 11 is 0. The molecule has 1 heterocycles. The van der Waals surface area contributed by atoms with Gasteiger partial charge < -0.3 is 15.9 Å². The molecule has 2 aromatic carbocycles. The first-order valence-electron chi connectivity index (χ1n) is 7.34. The Balaban J connectivity index is 2.27. The van der Waals surface area contributed by atoms with Crippen LogP contribution < -0.4 is 11.5 Å². The molecule has 0 fully saturated rings. The summed E-state index contributed by atoms with van der Waals surface area (Å²) in [4.78, 5) is 4.20. The fourth-order valence-electron chi connectivity index (χ4n) is 2.61. The highest BCUT2D eigenvalue weighted by Crippen LogP contribution is 2.40. The summed E-state index contributed by atoms with van der Waals surface area (Å²) in [7, 11) is 0. The zero-order valence-electron chi connectivity index (χ0n) is 13.1. The number of aromatic nitrogens is 1. The lowest BCUT2D eigenvalue weighted by Gasteiger charge is -2.11. The van der Waals surface area contributed by atoms with Crippen LogP contribution >= 0.6 is 0 Å². The molecular weight excluding hydrogens is 319 g/mol. The molecule has 7 heteroatoms. The van der Waals surface area contributed by atoms with Gasteiger partial charge in [0.15, 0.2) is 5.58 Å². The number of benzene rings is 2. The number of nitrogens with two attached hydrogens (primary N) is 2. The van der Waals surface area contributed by atoms with Crippen molar-refractivity contribution in [2.45, 2.75) is 25.9 Å². The number of halogens is 3. The van der Waals surface area contributed by atoms with Gasteiger partial charge in [-0.05, 0) is 36.2 Å². The fourth-order valence-corrected chi connectivity index (χ4v) is 2.61. The largest absolute Gasteiger partial charge is 0.436 e. The fraction of sp³-hybridized carbons (Fsp3) is 0.235. The summed E-state index contributed by atoms with van der Waals surface area (Å²) < 4.78 is 45.6. The van der Waals surface area contributed by atoms with Crippen LogP contribution in [0.1, 0.15) is 30.9 Å². The molecule has 0 spiro atoms. The highest BCUT2D eigenvalue weighted by atomic mass is 19.4. The van der Waals surface area contributed by atoms with Crippen molar-refractivity contribution >= 4 is 22.5 Å². The predicted octanol–water partition coefficient (Wildman–Crippen LogP) is 4.80. The molecule has 4 nitrogen and oxygen atoms in total. The number of alkyl halides is 3. The van der Waals surface area contributed by atoms with E-state index in [1.807, 2.05) is 13.8 Å². The van der Waals surface area contributed by atoms with Gasteiger partial charge in [0.05, 0.1) is 5.56 Å². The average Bonchev–Trinajstić information content (AvgIpc) is 2.88.